The third-order valence-corrected chi connectivity index (χ3v) is 2.50. The Morgan fingerprint density at radius 1 is 1.56 bits per heavy atom. The highest BCUT2D eigenvalue weighted by Gasteiger charge is 2.05. The van der Waals surface area contributed by atoms with Gasteiger partial charge in [-0.1, -0.05) is 11.6 Å². The van der Waals surface area contributed by atoms with Crippen LogP contribution >= 0.6 is 11.6 Å². The van der Waals surface area contributed by atoms with Crippen LogP contribution in [0.1, 0.15) is 19.8 Å². The smallest absolute Gasteiger partial charge is 0.143 e. The molecule has 3 nitrogen and oxygen atoms in total. The van der Waals surface area contributed by atoms with E-state index in [2.05, 4.69) is 5.32 Å². The Morgan fingerprint density at radius 2 is 2.25 bits per heavy atom. The van der Waals surface area contributed by atoms with E-state index < -0.39 is 5.82 Å². The van der Waals surface area contributed by atoms with Gasteiger partial charge in [-0.15, -0.1) is 0 Å². The maximum Gasteiger partial charge on any atom is 0.143 e. The minimum absolute atomic E-state index is 0.0204. The molecule has 1 aromatic carbocycles. The van der Waals surface area contributed by atoms with Crippen molar-refractivity contribution in [2.45, 2.75) is 25.9 Å². The average molecular weight is 247 g/mol. The van der Waals surface area contributed by atoms with Crippen molar-refractivity contribution in [3.05, 3.63) is 23.0 Å². The number of hydrogen-bond donors (Lipinski definition) is 3. The topological polar surface area (TPSA) is 58.3 Å². The van der Waals surface area contributed by atoms with E-state index in [1.54, 1.807) is 6.92 Å². The van der Waals surface area contributed by atoms with E-state index in [1.807, 2.05) is 0 Å². The molecule has 0 fully saturated rings. The summed E-state index contributed by atoms with van der Waals surface area (Å²) >= 11 is 5.57. The lowest BCUT2D eigenvalue weighted by Gasteiger charge is -2.10. The predicted octanol–water partition coefficient (Wildman–Crippen LogP) is 2.63. The average Bonchev–Trinajstić information content (AvgIpc) is 2.19. The lowest BCUT2D eigenvalue weighted by atomic mass is 10.2. The lowest BCUT2D eigenvalue weighted by Crippen LogP contribution is -2.08. The van der Waals surface area contributed by atoms with E-state index >= 15 is 0 Å². The van der Waals surface area contributed by atoms with Crippen LogP contribution in [0.5, 0.6) is 0 Å². The summed E-state index contributed by atoms with van der Waals surface area (Å²) in [7, 11) is 0. The Bertz CT molecular complexity index is 358. The van der Waals surface area contributed by atoms with E-state index in [9.17, 15) is 4.39 Å². The normalized spacial score (nSPS) is 12.5. The summed E-state index contributed by atoms with van der Waals surface area (Å²) < 4.78 is 13.1. The van der Waals surface area contributed by atoms with Crippen LogP contribution in [0.3, 0.4) is 0 Å². The number of rotatable bonds is 5. The molecule has 1 atom stereocenters. The summed E-state index contributed by atoms with van der Waals surface area (Å²) in [5.41, 5.74) is 6.62. The van der Waals surface area contributed by atoms with Crippen molar-refractivity contribution in [2.75, 3.05) is 17.6 Å². The Hall–Kier alpha value is -1.00. The first-order valence-electron chi connectivity index (χ1n) is 5.17. The first kappa shape index (κ1) is 13.1. The van der Waals surface area contributed by atoms with Crippen LogP contribution in [0, 0.1) is 5.82 Å². The number of nitrogens with one attached hydrogen (secondary N) is 1. The van der Waals surface area contributed by atoms with Crippen LogP contribution in [0.25, 0.3) is 0 Å². The molecule has 0 saturated carbocycles. The van der Waals surface area contributed by atoms with Gasteiger partial charge in [0.15, 0.2) is 0 Å². The Balaban J connectivity index is 2.51. The first-order chi connectivity index (χ1) is 7.50. The summed E-state index contributed by atoms with van der Waals surface area (Å²) in [6, 6.07) is 2.66. The second-order valence-corrected chi connectivity index (χ2v) is 4.18. The van der Waals surface area contributed by atoms with E-state index in [1.165, 1.54) is 12.1 Å². The van der Waals surface area contributed by atoms with Gasteiger partial charge in [0.1, 0.15) is 5.82 Å². The van der Waals surface area contributed by atoms with E-state index in [0.717, 1.165) is 6.42 Å². The molecule has 0 heterocycles. The molecule has 90 valence electrons. The van der Waals surface area contributed by atoms with Crippen LogP contribution in [0.2, 0.25) is 5.02 Å². The maximum absolute atomic E-state index is 13.1. The molecule has 0 aliphatic carbocycles. The number of hydrogen-bond acceptors (Lipinski definition) is 3. The van der Waals surface area contributed by atoms with Crippen LogP contribution < -0.4 is 11.1 Å². The Labute approximate surface area is 99.4 Å². The molecule has 0 saturated heterocycles. The summed E-state index contributed by atoms with van der Waals surface area (Å²) in [4.78, 5) is 0. The number of aliphatic hydroxyl groups is 1. The highest BCUT2D eigenvalue weighted by Crippen LogP contribution is 2.25. The SMILES string of the molecule is CC(O)CCCNc1cc(F)c(Cl)cc1N. The fraction of sp³-hybridized carbons (Fsp3) is 0.455. The largest absolute Gasteiger partial charge is 0.397 e. The van der Waals surface area contributed by atoms with Crippen LogP contribution in [0.4, 0.5) is 15.8 Å². The molecule has 0 aliphatic rings. The lowest BCUT2D eigenvalue weighted by molar-refractivity contribution is 0.183. The fourth-order valence-electron chi connectivity index (χ4n) is 1.34. The number of nitrogens with two attached hydrogens (primary N) is 1. The van der Waals surface area contributed by atoms with Gasteiger partial charge in [-0.25, -0.2) is 4.39 Å². The molecule has 4 N–H and O–H groups in total. The standard InChI is InChI=1S/C11H16ClFN2O/c1-7(16)3-2-4-15-11-6-9(13)8(12)5-10(11)14/h5-7,15-16H,2-4,14H2,1H3. The van der Waals surface area contributed by atoms with Gasteiger partial charge in [0.05, 0.1) is 22.5 Å². The third-order valence-electron chi connectivity index (χ3n) is 2.21. The zero-order valence-electron chi connectivity index (χ0n) is 9.13. The number of nitrogen functional groups attached to an aromatic ring is 1. The Morgan fingerprint density at radius 3 is 2.88 bits per heavy atom. The van der Waals surface area contributed by atoms with Crippen molar-refractivity contribution < 1.29 is 9.50 Å². The van der Waals surface area contributed by atoms with Gasteiger partial charge >= 0.3 is 0 Å². The molecule has 0 amide bonds. The second-order valence-electron chi connectivity index (χ2n) is 3.77. The van der Waals surface area contributed by atoms with Gasteiger partial charge in [0.25, 0.3) is 0 Å². The van der Waals surface area contributed by atoms with Crippen LogP contribution in [-0.4, -0.2) is 17.8 Å². The van der Waals surface area contributed by atoms with Gasteiger partial charge < -0.3 is 16.2 Å². The van der Waals surface area contributed by atoms with Crippen molar-refractivity contribution in [1.82, 2.24) is 0 Å². The van der Waals surface area contributed by atoms with Gasteiger partial charge in [-0.3, -0.25) is 0 Å². The van der Waals surface area contributed by atoms with Crippen molar-refractivity contribution in [3.8, 4) is 0 Å². The van der Waals surface area contributed by atoms with E-state index in [0.29, 0.717) is 24.3 Å². The number of anilines is 2. The minimum Gasteiger partial charge on any atom is -0.397 e. The van der Waals surface area contributed by atoms with Crippen molar-refractivity contribution in [1.29, 1.82) is 0 Å². The summed E-state index contributed by atoms with van der Waals surface area (Å²) in [5, 5.41) is 12.1. The molecule has 0 bridgehead atoms. The van der Waals surface area contributed by atoms with Crippen molar-refractivity contribution in [3.63, 3.8) is 0 Å². The van der Waals surface area contributed by atoms with Gasteiger partial charge in [0.2, 0.25) is 0 Å². The zero-order valence-corrected chi connectivity index (χ0v) is 9.89. The molecule has 0 spiro atoms. The second kappa shape index (κ2) is 5.92. The quantitative estimate of drug-likeness (QED) is 0.553. The maximum atomic E-state index is 13.1. The van der Waals surface area contributed by atoms with E-state index in [-0.39, 0.29) is 11.1 Å². The van der Waals surface area contributed by atoms with E-state index in [4.69, 9.17) is 22.4 Å². The van der Waals surface area contributed by atoms with Crippen molar-refractivity contribution >= 4 is 23.0 Å². The van der Waals surface area contributed by atoms with Gasteiger partial charge in [-0.2, -0.15) is 0 Å². The monoisotopic (exact) mass is 246 g/mol. The molecule has 5 heteroatoms. The molecule has 1 unspecified atom stereocenters. The number of benzene rings is 1. The molecular formula is C11H16ClFN2O. The summed E-state index contributed by atoms with van der Waals surface area (Å²) in [6.45, 7) is 2.37. The molecule has 1 aromatic rings. The highest BCUT2D eigenvalue weighted by atomic mass is 35.5. The first-order valence-corrected chi connectivity index (χ1v) is 5.55. The van der Waals surface area contributed by atoms with Crippen LogP contribution in [0.15, 0.2) is 12.1 Å². The van der Waals surface area contributed by atoms with Gasteiger partial charge in [-0.05, 0) is 25.8 Å². The predicted molar refractivity (Wildman–Crippen MR) is 65.2 cm³/mol. The molecular weight excluding hydrogens is 231 g/mol. The molecule has 0 aromatic heterocycles. The van der Waals surface area contributed by atoms with Crippen LogP contribution in [-0.2, 0) is 0 Å². The van der Waals surface area contributed by atoms with Gasteiger partial charge in [0, 0.05) is 12.6 Å². The molecule has 16 heavy (non-hydrogen) atoms. The zero-order chi connectivity index (χ0) is 12.1. The fourth-order valence-corrected chi connectivity index (χ4v) is 1.51. The number of halogens is 2. The Kier molecular flexibility index (Phi) is 4.83. The third kappa shape index (κ3) is 3.87. The summed E-state index contributed by atoms with van der Waals surface area (Å²) in [5.74, 6) is -0.492. The molecule has 0 radical (unpaired) electrons. The minimum atomic E-state index is -0.492. The number of aliphatic hydroxyl groups excluding tert-OH is 1. The molecule has 0 aliphatic heterocycles. The van der Waals surface area contributed by atoms with Crippen molar-refractivity contribution in [2.24, 2.45) is 0 Å². The summed E-state index contributed by atoms with van der Waals surface area (Å²) in [6.07, 6.45) is 1.17. The highest BCUT2D eigenvalue weighted by molar-refractivity contribution is 6.31. The molecule has 1 rings (SSSR count).